The molecule has 0 saturated heterocycles. The van der Waals surface area contributed by atoms with Crippen molar-refractivity contribution in [3.05, 3.63) is 59.7 Å². The quantitative estimate of drug-likeness (QED) is 0.886. The fraction of sp³-hybridized carbons (Fsp3) is 0.235. The number of carbonyl (C=O) groups is 1. The summed E-state index contributed by atoms with van der Waals surface area (Å²) in [7, 11) is 1.56. The molecular weight excluding hydrogens is 268 g/mol. The summed E-state index contributed by atoms with van der Waals surface area (Å²) in [6, 6.07) is 14.7. The SMILES string of the molecule is COc1ccccc1CC(Oc1ccc(C)cc1)C(=O)O. The molecule has 0 aliphatic heterocycles. The van der Waals surface area contributed by atoms with Crippen molar-refractivity contribution in [2.24, 2.45) is 0 Å². The van der Waals surface area contributed by atoms with Crippen molar-refractivity contribution in [2.45, 2.75) is 19.4 Å². The van der Waals surface area contributed by atoms with Gasteiger partial charge >= 0.3 is 5.97 Å². The first-order chi connectivity index (χ1) is 10.1. The summed E-state index contributed by atoms with van der Waals surface area (Å²) in [6.07, 6.45) is -0.711. The lowest BCUT2D eigenvalue weighted by Crippen LogP contribution is -2.29. The summed E-state index contributed by atoms with van der Waals surface area (Å²) in [5.74, 6) is 0.209. The Labute approximate surface area is 123 Å². The second-order valence-corrected chi connectivity index (χ2v) is 4.77. The average molecular weight is 286 g/mol. The summed E-state index contributed by atoms with van der Waals surface area (Å²) in [6.45, 7) is 1.97. The van der Waals surface area contributed by atoms with Crippen molar-refractivity contribution in [1.82, 2.24) is 0 Å². The number of carboxylic acids is 1. The van der Waals surface area contributed by atoms with E-state index in [4.69, 9.17) is 9.47 Å². The molecule has 110 valence electrons. The van der Waals surface area contributed by atoms with Crippen LogP contribution in [-0.4, -0.2) is 24.3 Å². The first-order valence-electron chi connectivity index (χ1n) is 6.68. The molecule has 1 N–H and O–H groups in total. The highest BCUT2D eigenvalue weighted by atomic mass is 16.5. The smallest absolute Gasteiger partial charge is 0.345 e. The van der Waals surface area contributed by atoms with E-state index in [2.05, 4.69) is 0 Å². The van der Waals surface area contributed by atoms with Crippen molar-refractivity contribution in [1.29, 1.82) is 0 Å². The van der Waals surface area contributed by atoms with E-state index in [0.717, 1.165) is 11.1 Å². The third kappa shape index (κ3) is 3.99. The molecule has 1 atom stereocenters. The summed E-state index contributed by atoms with van der Waals surface area (Å²) in [4.78, 5) is 11.4. The molecule has 2 rings (SSSR count). The van der Waals surface area contributed by atoms with Crippen LogP contribution in [0.4, 0.5) is 0 Å². The van der Waals surface area contributed by atoms with Crippen LogP contribution in [0.15, 0.2) is 48.5 Å². The van der Waals surface area contributed by atoms with Crippen LogP contribution >= 0.6 is 0 Å². The number of hydrogen-bond acceptors (Lipinski definition) is 3. The van der Waals surface area contributed by atoms with Gasteiger partial charge in [-0.15, -0.1) is 0 Å². The van der Waals surface area contributed by atoms with Gasteiger partial charge in [-0.2, -0.15) is 0 Å². The zero-order valence-electron chi connectivity index (χ0n) is 12.1. The van der Waals surface area contributed by atoms with E-state index in [1.54, 1.807) is 25.3 Å². The van der Waals surface area contributed by atoms with Crippen molar-refractivity contribution in [3.63, 3.8) is 0 Å². The molecule has 0 fully saturated rings. The largest absolute Gasteiger partial charge is 0.496 e. The number of rotatable bonds is 6. The Kier molecular flexibility index (Phi) is 4.82. The highest BCUT2D eigenvalue weighted by Gasteiger charge is 2.21. The van der Waals surface area contributed by atoms with Gasteiger partial charge in [0.25, 0.3) is 0 Å². The van der Waals surface area contributed by atoms with Crippen molar-refractivity contribution in [3.8, 4) is 11.5 Å². The van der Waals surface area contributed by atoms with E-state index < -0.39 is 12.1 Å². The Morgan fingerprint density at radius 2 is 1.81 bits per heavy atom. The Bertz CT molecular complexity index is 604. The highest BCUT2D eigenvalue weighted by molar-refractivity contribution is 5.73. The van der Waals surface area contributed by atoms with Gasteiger partial charge in [0.05, 0.1) is 7.11 Å². The molecule has 0 aliphatic carbocycles. The minimum Gasteiger partial charge on any atom is -0.496 e. The van der Waals surface area contributed by atoms with Crippen LogP contribution in [0.2, 0.25) is 0 Å². The van der Waals surface area contributed by atoms with Gasteiger partial charge < -0.3 is 14.6 Å². The number of hydrogen-bond donors (Lipinski definition) is 1. The maximum absolute atomic E-state index is 11.4. The van der Waals surface area contributed by atoms with Gasteiger partial charge in [-0.1, -0.05) is 35.9 Å². The third-order valence-electron chi connectivity index (χ3n) is 3.17. The van der Waals surface area contributed by atoms with Crippen molar-refractivity contribution < 1.29 is 19.4 Å². The number of aryl methyl sites for hydroxylation is 1. The molecule has 0 aromatic heterocycles. The van der Waals surface area contributed by atoms with E-state index in [1.807, 2.05) is 37.3 Å². The monoisotopic (exact) mass is 286 g/mol. The van der Waals surface area contributed by atoms with Crippen LogP contribution in [0, 0.1) is 6.92 Å². The van der Waals surface area contributed by atoms with Crippen LogP contribution < -0.4 is 9.47 Å². The minimum absolute atomic E-state index is 0.243. The van der Waals surface area contributed by atoms with Crippen LogP contribution in [0.5, 0.6) is 11.5 Å². The summed E-state index contributed by atoms with van der Waals surface area (Å²) >= 11 is 0. The lowest BCUT2D eigenvalue weighted by Gasteiger charge is -2.17. The standard InChI is InChI=1S/C17H18O4/c1-12-7-9-14(10-8-12)21-16(17(18)19)11-13-5-3-4-6-15(13)20-2/h3-10,16H,11H2,1-2H3,(H,18,19). The predicted molar refractivity (Wildman–Crippen MR) is 79.9 cm³/mol. The molecule has 0 saturated carbocycles. The van der Waals surface area contributed by atoms with Gasteiger partial charge in [-0.25, -0.2) is 4.79 Å². The zero-order chi connectivity index (χ0) is 15.2. The van der Waals surface area contributed by atoms with Crippen molar-refractivity contribution in [2.75, 3.05) is 7.11 Å². The Morgan fingerprint density at radius 1 is 1.14 bits per heavy atom. The fourth-order valence-electron chi connectivity index (χ4n) is 2.03. The summed E-state index contributed by atoms with van der Waals surface area (Å²) < 4.78 is 10.8. The lowest BCUT2D eigenvalue weighted by atomic mass is 10.1. The fourth-order valence-corrected chi connectivity index (χ4v) is 2.03. The van der Waals surface area contributed by atoms with Gasteiger partial charge in [0.15, 0.2) is 6.10 Å². The molecule has 0 bridgehead atoms. The minimum atomic E-state index is -0.999. The summed E-state index contributed by atoms with van der Waals surface area (Å²) in [5, 5.41) is 9.35. The Morgan fingerprint density at radius 3 is 2.43 bits per heavy atom. The van der Waals surface area contributed by atoms with Gasteiger partial charge in [-0.05, 0) is 30.7 Å². The van der Waals surface area contributed by atoms with Crippen molar-refractivity contribution >= 4 is 5.97 Å². The van der Waals surface area contributed by atoms with E-state index in [9.17, 15) is 9.90 Å². The molecule has 4 heteroatoms. The first kappa shape index (κ1) is 14.9. The summed E-state index contributed by atoms with van der Waals surface area (Å²) in [5.41, 5.74) is 1.90. The second-order valence-electron chi connectivity index (χ2n) is 4.77. The van der Waals surface area contributed by atoms with Crippen LogP contribution in [0.1, 0.15) is 11.1 Å². The van der Waals surface area contributed by atoms with Crippen LogP contribution in [0.25, 0.3) is 0 Å². The van der Waals surface area contributed by atoms with E-state index in [-0.39, 0.29) is 6.42 Å². The van der Waals surface area contributed by atoms with Crippen LogP contribution in [-0.2, 0) is 11.2 Å². The second kappa shape index (κ2) is 6.79. The van der Waals surface area contributed by atoms with Gasteiger partial charge in [-0.3, -0.25) is 0 Å². The zero-order valence-corrected chi connectivity index (χ0v) is 12.1. The molecule has 2 aromatic carbocycles. The number of ether oxygens (including phenoxy) is 2. The molecule has 0 radical (unpaired) electrons. The predicted octanol–water partition coefficient (Wildman–Crippen LogP) is 3.08. The van der Waals surface area contributed by atoms with E-state index in [1.165, 1.54) is 0 Å². The molecule has 1 unspecified atom stereocenters. The molecule has 0 spiro atoms. The van der Waals surface area contributed by atoms with E-state index >= 15 is 0 Å². The maximum Gasteiger partial charge on any atom is 0.345 e. The Balaban J connectivity index is 2.16. The normalized spacial score (nSPS) is 11.7. The number of benzene rings is 2. The molecule has 2 aromatic rings. The molecule has 4 nitrogen and oxygen atoms in total. The Hall–Kier alpha value is -2.49. The molecule has 0 heterocycles. The average Bonchev–Trinajstić information content (AvgIpc) is 2.49. The number of methoxy groups -OCH3 is 1. The molecule has 21 heavy (non-hydrogen) atoms. The molecule has 0 aliphatic rings. The number of carboxylic acid groups (broad SMARTS) is 1. The molecule has 0 amide bonds. The van der Waals surface area contributed by atoms with Gasteiger partial charge in [0.2, 0.25) is 0 Å². The third-order valence-corrected chi connectivity index (χ3v) is 3.17. The highest BCUT2D eigenvalue weighted by Crippen LogP contribution is 2.21. The molecular formula is C17H18O4. The number of para-hydroxylation sites is 1. The van der Waals surface area contributed by atoms with Gasteiger partial charge in [0, 0.05) is 6.42 Å². The maximum atomic E-state index is 11.4. The van der Waals surface area contributed by atoms with Crippen LogP contribution in [0.3, 0.4) is 0 Å². The topological polar surface area (TPSA) is 55.8 Å². The van der Waals surface area contributed by atoms with E-state index in [0.29, 0.717) is 11.5 Å². The first-order valence-corrected chi connectivity index (χ1v) is 6.68. The number of aliphatic carboxylic acids is 1. The van der Waals surface area contributed by atoms with Gasteiger partial charge in [0.1, 0.15) is 11.5 Å². The lowest BCUT2D eigenvalue weighted by molar-refractivity contribution is -0.145.